The summed E-state index contributed by atoms with van der Waals surface area (Å²) in [7, 11) is 1.65. The van der Waals surface area contributed by atoms with Gasteiger partial charge in [0.1, 0.15) is 17.3 Å². The number of allylic oxidation sites excluding steroid dienone is 1. The average Bonchev–Trinajstić information content (AvgIpc) is 2.54. The molecule has 0 saturated heterocycles. The summed E-state index contributed by atoms with van der Waals surface area (Å²) in [5.41, 5.74) is -1.36. The average molecular weight is 324 g/mol. The van der Waals surface area contributed by atoms with Crippen LogP contribution in [0.25, 0.3) is 0 Å². The van der Waals surface area contributed by atoms with Gasteiger partial charge in [-0.1, -0.05) is 18.2 Å². The number of ketones is 1. The van der Waals surface area contributed by atoms with Crippen molar-refractivity contribution in [2.75, 3.05) is 13.6 Å². The second kappa shape index (κ2) is 5.13. The topological polar surface area (TPSA) is 61.2 Å². The van der Waals surface area contributed by atoms with Crippen LogP contribution < -0.4 is 0 Å². The van der Waals surface area contributed by atoms with E-state index in [1.54, 1.807) is 27.0 Å². The number of rotatable bonds is 1. The second-order valence-electron chi connectivity index (χ2n) is 6.75. The highest BCUT2D eigenvalue weighted by molar-refractivity contribution is 6.11. The minimum Gasteiger partial charge on any atom is -0.341 e. The maximum Gasteiger partial charge on any atom is 0.241 e. The zero-order valence-corrected chi connectivity index (χ0v) is 13.8. The number of fused-ring (bicyclic) bond motifs is 1. The Labute approximate surface area is 139 Å². The number of likely N-dealkylation sites (N-methyl/N-ethyl adjacent to an activating group) is 1. The van der Waals surface area contributed by atoms with Gasteiger partial charge in [-0.25, -0.2) is 4.39 Å². The monoisotopic (exact) mass is 324 g/mol. The molecule has 1 aromatic carbocycles. The molecule has 0 radical (unpaired) electrons. The van der Waals surface area contributed by atoms with Crippen LogP contribution >= 0.6 is 0 Å². The Bertz CT molecular complexity index is 860. The summed E-state index contributed by atoms with van der Waals surface area (Å²) in [5.74, 6) is -1.05. The predicted molar refractivity (Wildman–Crippen MR) is 86.3 cm³/mol. The smallest absolute Gasteiger partial charge is 0.241 e. The fourth-order valence-corrected chi connectivity index (χ4v) is 3.70. The van der Waals surface area contributed by atoms with Crippen molar-refractivity contribution in [1.82, 2.24) is 4.90 Å². The molecule has 0 saturated carbocycles. The summed E-state index contributed by atoms with van der Waals surface area (Å²) in [6, 6.07) is 7.69. The maximum atomic E-state index is 13.9. The Morgan fingerprint density at radius 3 is 2.62 bits per heavy atom. The van der Waals surface area contributed by atoms with Crippen LogP contribution in [0.3, 0.4) is 0 Å². The number of benzene rings is 1. The van der Waals surface area contributed by atoms with Crippen molar-refractivity contribution in [3.05, 3.63) is 58.9 Å². The molecule has 0 fully saturated rings. The Balaban J connectivity index is 2.43. The predicted octanol–water partition coefficient (Wildman–Crippen LogP) is 2.52. The van der Waals surface area contributed by atoms with Gasteiger partial charge in [-0.2, -0.15) is 5.26 Å². The fraction of sp³-hybridized carbons (Fsp3) is 0.316. The first-order valence-corrected chi connectivity index (χ1v) is 7.65. The second-order valence-corrected chi connectivity index (χ2v) is 6.75. The molecular formula is C19H17FN2O2. The van der Waals surface area contributed by atoms with Crippen LogP contribution in [-0.4, -0.2) is 30.2 Å². The lowest BCUT2D eigenvalue weighted by atomic mass is 9.56. The summed E-state index contributed by atoms with van der Waals surface area (Å²) >= 11 is 0. The highest BCUT2D eigenvalue weighted by atomic mass is 19.1. The van der Waals surface area contributed by atoms with Crippen LogP contribution in [0.15, 0.2) is 47.6 Å². The fourth-order valence-electron chi connectivity index (χ4n) is 3.70. The van der Waals surface area contributed by atoms with E-state index in [1.807, 2.05) is 12.1 Å². The van der Waals surface area contributed by atoms with Crippen molar-refractivity contribution in [3.63, 3.8) is 0 Å². The normalized spacial score (nSPS) is 25.5. The molecule has 0 N–H and O–H groups in total. The van der Waals surface area contributed by atoms with Gasteiger partial charge in [0.2, 0.25) is 5.91 Å². The number of carbonyl (C=O) groups is 2. The molecule has 1 amide bonds. The van der Waals surface area contributed by atoms with Crippen molar-refractivity contribution in [2.45, 2.75) is 19.3 Å². The van der Waals surface area contributed by atoms with Gasteiger partial charge in [-0.3, -0.25) is 9.59 Å². The van der Waals surface area contributed by atoms with E-state index in [0.717, 1.165) is 0 Å². The van der Waals surface area contributed by atoms with Gasteiger partial charge in [0.15, 0.2) is 5.78 Å². The molecule has 4 nitrogen and oxygen atoms in total. The van der Waals surface area contributed by atoms with Crippen molar-refractivity contribution in [1.29, 1.82) is 5.26 Å². The molecule has 24 heavy (non-hydrogen) atoms. The van der Waals surface area contributed by atoms with E-state index in [1.165, 1.54) is 29.2 Å². The lowest BCUT2D eigenvalue weighted by Crippen LogP contribution is -2.55. The summed E-state index contributed by atoms with van der Waals surface area (Å²) in [4.78, 5) is 27.3. The summed E-state index contributed by atoms with van der Waals surface area (Å²) < 4.78 is 13.9. The van der Waals surface area contributed by atoms with E-state index in [-0.39, 0.29) is 17.3 Å². The van der Waals surface area contributed by atoms with Gasteiger partial charge in [0.25, 0.3) is 0 Å². The van der Waals surface area contributed by atoms with Gasteiger partial charge in [0.05, 0.1) is 11.0 Å². The molecule has 1 atom stereocenters. The molecule has 1 aromatic rings. The van der Waals surface area contributed by atoms with Crippen LogP contribution in [-0.2, 0) is 15.0 Å². The molecule has 122 valence electrons. The third-order valence-corrected chi connectivity index (χ3v) is 4.93. The first-order chi connectivity index (χ1) is 11.2. The molecular weight excluding hydrogens is 307 g/mol. The maximum absolute atomic E-state index is 13.9. The Morgan fingerprint density at radius 2 is 2.00 bits per heavy atom. The molecule has 2 aliphatic rings. The van der Waals surface area contributed by atoms with E-state index in [2.05, 4.69) is 0 Å². The zero-order valence-electron chi connectivity index (χ0n) is 13.8. The number of nitrogens with zero attached hydrogens (tertiary/aromatic N) is 2. The van der Waals surface area contributed by atoms with Gasteiger partial charge in [-0.15, -0.1) is 0 Å². The molecule has 0 spiro atoms. The Hall–Kier alpha value is -2.74. The minimum absolute atomic E-state index is 0.0648. The third-order valence-electron chi connectivity index (χ3n) is 4.93. The van der Waals surface area contributed by atoms with Crippen molar-refractivity contribution in [3.8, 4) is 6.07 Å². The standard InChI is InChI=1S/C19H17FN2O2/c1-18(2)15-7-8-22(3)17(24)19(15,10-12(11-21)16(18)23)13-5-4-6-14(20)9-13/h4-7,9-10H,8H2,1-3H3/t19-/m1/s1. The lowest BCUT2D eigenvalue weighted by Gasteiger charge is -2.47. The number of hydrogen-bond donors (Lipinski definition) is 0. The molecule has 1 aliphatic heterocycles. The molecule has 0 aromatic heterocycles. The van der Waals surface area contributed by atoms with Crippen LogP contribution in [0.5, 0.6) is 0 Å². The Morgan fingerprint density at radius 1 is 1.29 bits per heavy atom. The van der Waals surface area contributed by atoms with E-state index in [4.69, 9.17) is 0 Å². The van der Waals surface area contributed by atoms with E-state index in [0.29, 0.717) is 17.7 Å². The first kappa shape index (κ1) is 16.1. The highest BCUT2D eigenvalue weighted by Gasteiger charge is 2.56. The lowest BCUT2D eigenvalue weighted by molar-refractivity contribution is -0.134. The number of Topliss-reactive ketones (excluding diaryl/α,β-unsaturated/α-hetero) is 1. The quantitative estimate of drug-likeness (QED) is 0.746. The third kappa shape index (κ3) is 1.96. The molecule has 5 heteroatoms. The van der Waals surface area contributed by atoms with Crippen LogP contribution in [0.4, 0.5) is 4.39 Å². The molecule has 0 unspecified atom stereocenters. The minimum atomic E-state index is -1.32. The number of amides is 1. The molecule has 1 heterocycles. The van der Waals surface area contributed by atoms with Gasteiger partial charge < -0.3 is 4.90 Å². The largest absolute Gasteiger partial charge is 0.341 e. The number of nitriles is 1. The summed E-state index contributed by atoms with van der Waals surface area (Å²) in [6.07, 6.45) is 3.24. The van der Waals surface area contributed by atoms with Crippen molar-refractivity contribution >= 4 is 11.7 Å². The van der Waals surface area contributed by atoms with Gasteiger partial charge in [-0.05, 0) is 43.2 Å². The number of hydrogen-bond acceptors (Lipinski definition) is 3. The van der Waals surface area contributed by atoms with Crippen molar-refractivity contribution in [2.24, 2.45) is 5.41 Å². The molecule has 3 rings (SSSR count). The molecule has 0 bridgehead atoms. The van der Waals surface area contributed by atoms with E-state index in [9.17, 15) is 19.2 Å². The number of carbonyl (C=O) groups excluding carboxylic acids is 2. The molecule has 1 aliphatic carbocycles. The van der Waals surface area contributed by atoms with E-state index >= 15 is 0 Å². The van der Waals surface area contributed by atoms with Crippen LogP contribution in [0, 0.1) is 22.6 Å². The number of halogens is 1. The summed E-state index contributed by atoms with van der Waals surface area (Å²) in [6.45, 7) is 3.79. The van der Waals surface area contributed by atoms with Crippen LogP contribution in [0.2, 0.25) is 0 Å². The Kier molecular flexibility index (Phi) is 3.45. The van der Waals surface area contributed by atoms with Crippen molar-refractivity contribution < 1.29 is 14.0 Å². The zero-order chi connectivity index (χ0) is 17.7. The first-order valence-electron chi connectivity index (χ1n) is 7.65. The SMILES string of the molecule is CN1CC=C2C(C)(C)C(=O)C(C#N)=C[C@]2(c2cccc(F)c2)C1=O. The van der Waals surface area contributed by atoms with E-state index < -0.39 is 16.6 Å². The van der Waals surface area contributed by atoms with Gasteiger partial charge >= 0.3 is 0 Å². The van der Waals surface area contributed by atoms with Crippen LogP contribution in [0.1, 0.15) is 19.4 Å². The van der Waals surface area contributed by atoms with Gasteiger partial charge in [0, 0.05) is 13.6 Å². The summed E-state index contributed by atoms with van der Waals surface area (Å²) in [5, 5.41) is 9.39. The highest BCUT2D eigenvalue weighted by Crippen LogP contribution is 2.51.